The molecule has 1 aromatic heterocycles. The van der Waals surface area contributed by atoms with Gasteiger partial charge in [-0.05, 0) is 42.0 Å². The highest BCUT2D eigenvalue weighted by Gasteiger charge is 2.14. The summed E-state index contributed by atoms with van der Waals surface area (Å²) in [5, 5.41) is 2.76. The molecule has 0 aliphatic carbocycles. The van der Waals surface area contributed by atoms with Crippen molar-refractivity contribution in [3.8, 4) is 5.75 Å². The molecule has 0 atom stereocenters. The maximum atomic E-state index is 13.2. The van der Waals surface area contributed by atoms with Crippen LogP contribution in [0.3, 0.4) is 0 Å². The fraction of sp³-hybridized carbons (Fsp3) is 0.100. The van der Waals surface area contributed by atoms with Crippen LogP contribution in [0, 0.1) is 5.82 Å². The second kappa shape index (κ2) is 8.46. The second-order valence-electron chi connectivity index (χ2n) is 5.56. The number of hydrogen-bond donors (Lipinski definition) is 1. The van der Waals surface area contributed by atoms with Crippen molar-refractivity contribution in [3.63, 3.8) is 0 Å². The van der Waals surface area contributed by atoms with Crippen LogP contribution in [0.1, 0.15) is 24.9 Å². The van der Waals surface area contributed by atoms with E-state index in [4.69, 9.17) is 4.74 Å². The Bertz CT molecular complexity index is 970. The Balaban J connectivity index is 1.64. The normalized spacial score (nSPS) is 10.3. The Morgan fingerprint density at radius 2 is 1.81 bits per heavy atom. The third-order valence-electron chi connectivity index (χ3n) is 3.60. The molecule has 27 heavy (non-hydrogen) atoms. The van der Waals surface area contributed by atoms with Crippen LogP contribution in [0.15, 0.2) is 60.7 Å². The number of carbonyl (C=O) groups is 2. The Hall–Kier alpha value is -3.19. The van der Waals surface area contributed by atoms with E-state index in [0.29, 0.717) is 26.8 Å². The Labute approximate surface area is 159 Å². The zero-order valence-electron chi connectivity index (χ0n) is 14.4. The van der Waals surface area contributed by atoms with Crippen molar-refractivity contribution in [2.45, 2.75) is 6.61 Å². The van der Waals surface area contributed by atoms with Gasteiger partial charge >= 0.3 is 5.97 Å². The third-order valence-corrected chi connectivity index (χ3v) is 4.67. The van der Waals surface area contributed by atoms with E-state index in [-0.39, 0.29) is 18.3 Å². The van der Waals surface area contributed by atoms with Gasteiger partial charge in [0, 0.05) is 11.8 Å². The third kappa shape index (κ3) is 4.92. The van der Waals surface area contributed by atoms with Crippen LogP contribution in [0.5, 0.6) is 5.75 Å². The van der Waals surface area contributed by atoms with Crippen molar-refractivity contribution in [2.24, 2.45) is 0 Å². The number of ether oxygens (including phenoxy) is 2. The number of methoxy groups -OCH3 is 1. The van der Waals surface area contributed by atoms with Crippen molar-refractivity contribution >= 4 is 28.9 Å². The molecule has 0 bridgehead atoms. The monoisotopic (exact) mass is 385 g/mol. The summed E-state index contributed by atoms with van der Waals surface area (Å²) < 4.78 is 23.5. The molecule has 0 aliphatic heterocycles. The number of amides is 1. The Morgan fingerprint density at radius 1 is 1.04 bits per heavy atom. The lowest BCUT2D eigenvalue weighted by Gasteiger charge is -2.09. The number of halogens is 1. The molecule has 7 heteroatoms. The van der Waals surface area contributed by atoms with Crippen LogP contribution in [0.25, 0.3) is 0 Å². The fourth-order valence-corrected chi connectivity index (χ4v) is 3.14. The van der Waals surface area contributed by atoms with E-state index in [0.717, 1.165) is 11.3 Å². The van der Waals surface area contributed by atoms with E-state index in [1.807, 2.05) is 0 Å². The van der Waals surface area contributed by atoms with Crippen LogP contribution >= 0.6 is 11.3 Å². The highest BCUT2D eigenvalue weighted by atomic mass is 32.1. The molecule has 1 amide bonds. The summed E-state index contributed by atoms with van der Waals surface area (Å²) >= 11 is 1.05. The van der Waals surface area contributed by atoms with Crippen LogP contribution in [0.4, 0.5) is 10.1 Å². The second-order valence-corrected chi connectivity index (χ2v) is 6.64. The topological polar surface area (TPSA) is 64.6 Å². The predicted octanol–water partition coefficient (Wildman–Crippen LogP) is 4.51. The van der Waals surface area contributed by atoms with Crippen LogP contribution in [0.2, 0.25) is 0 Å². The lowest BCUT2D eigenvalue weighted by atomic mass is 10.2. The van der Waals surface area contributed by atoms with Gasteiger partial charge in [-0.2, -0.15) is 0 Å². The molecular weight excluding hydrogens is 369 g/mol. The summed E-state index contributed by atoms with van der Waals surface area (Å²) in [5.41, 5.74) is 1.25. The largest absolute Gasteiger partial charge is 0.489 e. The smallest absolute Gasteiger partial charge is 0.348 e. The minimum Gasteiger partial charge on any atom is -0.489 e. The van der Waals surface area contributed by atoms with Crippen molar-refractivity contribution in [1.82, 2.24) is 0 Å². The number of hydrogen-bond acceptors (Lipinski definition) is 5. The minimum absolute atomic E-state index is 0.211. The number of rotatable bonds is 6. The predicted molar refractivity (Wildman–Crippen MR) is 101 cm³/mol. The van der Waals surface area contributed by atoms with E-state index in [2.05, 4.69) is 10.1 Å². The molecule has 1 heterocycles. The summed E-state index contributed by atoms with van der Waals surface area (Å²) in [6.07, 6.45) is 0. The van der Waals surface area contributed by atoms with Crippen LogP contribution in [-0.2, 0) is 11.3 Å². The molecular formula is C20H16FNO4S. The van der Waals surface area contributed by atoms with Gasteiger partial charge in [-0.3, -0.25) is 4.79 Å². The first-order valence-electron chi connectivity index (χ1n) is 8.02. The molecule has 0 saturated carbocycles. The standard InChI is InChI=1S/C20H16FNO4S/c1-25-20(24)18-9-8-17(27-18)19(23)22-15-6-3-7-16(11-15)26-12-13-4-2-5-14(21)10-13/h2-11H,12H2,1H3,(H,22,23). The number of esters is 1. The first-order chi connectivity index (χ1) is 13.0. The molecule has 2 aromatic carbocycles. The van der Waals surface area contributed by atoms with E-state index in [1.54, 1.807) is 48.5 Å². The first-order valence-corrected chi connectivity index (χ1v) is 8.83. The molecule has 3 aromatic rings. The average molecular weight is 385 g/mol. The molecule has 0 saturated heterocycles. The quantitative estimate of drug-likeness (QED) is 0.635. The van der Waals surface area contributed by atoms with Gasteiger partial charge in [0.2, 0.25) is 0 Å². The van der Waals surface area contributed by atoms with Gasteiger partial charge in [0.1, 0.15) is 23.1 Å². The van der Waals surface area contributed by atoms with E-state index >= 15 is 0 Å². The lowest BCUT2D eigenvalue weighted by Crippen LogP contribution is -2.10. The summed E-state index contributed by atoms with van der Waals surface area (Å²) in [6, 6.07) is 16.2. The lowest BCUT2D eigenvalue weighted by molar-refractivity contribution is 0.0606. The minimum atomic E-state index is -0.480. The van der Waals surface area contributed by atoms with Gasteiger partial charge in [-0.15, -0.1) is 11.3 Å². The van der Waals surface area contributed by atoms with Gasteiger partial charge < -0.3 is 14.8 Å². The number of thiophene rings is 1. The summed E-state index contributed by atoms with van der Waals surface area (Å²) in [5.74, 6) is -0.595. The van der Waals surface area contributed by atoms with Gasteiger partial charge in [0.05, 0.1) is 12.0 Å². The van der Waals surface area contributed by atoms with E-state index < -0.39 is 5.97 Å². The first kappa shape index (κ1) is 18.6. The number of carbonyl (C=O) groups excluding carboxylic acids is 2. The number of anilines is 1. The zero-order chi connectivity index (χ0) is 19.2. The van der Waals surface area contributed by atoms with Crippen molar-refractivity contribution < 1.29 is 23.5 Å². The van der Waals surface area contributed by atoms with Gasteiger partial charge in [-0.1, -0.05) is 18.2 Å². The van der Waals surface area contributed by atoms with Crippen molar-refractivity contribution in [1.29, 1.82) is 0 Å². The number of nitrogens with one attached hydrogen (secondary N) is 1. The molecule has 0 unspecified atom stereocenters. The summed E-state index contributed by atoms with van der Waals surface area (Å²) in [7, 11) is 1.29. The molecule has 0 fully saturated rings. The highest BCUT2D eigenvalue weighted by Crippen LogP contribution is 2.22. The summed E-state index contributed by atoms with van der Waals surface area (Å²) in [6.45, 7) is 0.211. The van der Waals surface area contributed by atoms with Crippen LogP contribution < -0.4 is 10.1 Å². The van der Waals surface area contributed by atoms with Crippen molar-refractivity contribution in [2.75, 3.05) is 12.4 Å². The van der Waals surface area contributed by atoms with Gasteiger partial charge in [0.25, 0.3) is 5.91 Å². The molecule has 138 valence electrons. The highest BCUT2D eigenvalue weighted by molar-refractivity contribution is 7.16. The maximum absolute atomic E-state index is 13.2. The van der Waals surface area contributed by atoms with E-state index in [1.165, 1.54) is 19.2 Å². The summed E-state index contributed by atoms with van der Waals surface area (Å²) in [4.78, 5) is 24.6. The molecule has 0 radical (unpaired) electrons. The van der Waals surface area contributed by atoms with Gasteiger partial charge in [-0.25, -0.2) is 9.18 Å². The van der Waals surface area contributed by atoms with Crippen LogP contribution in [-0.4, -0.2) is 19.0 Å². The molecule has 3 rings (SSSR count). The Morgan fingerprint density at radius 3 is 2.59 bits per heavy atom. The average Bonchev–Trinajstić information content (AvgIpc) is 3.16. The number of benzene rings is 2. The maximum Gasteiger partial charge on any atom is 0.348 e. The van der Waals surface area contributed by atoms with E-state index in [9.17, 15) is 14.0 Å². The van der Waals surface area contributed by atoms with Gasteiger partial charge in [0.15, 0.2) is 0 Å². The molecule has 5 nitrogen and oxygen atoms in total. The molecule has 0 spiro atoms. The zero-order valence-corrected chi connectivity index (χ0v) is 15.2. The fourth-order valence-electron chi connectivity index (χ4n) is 2.32. The molecule has 1 N–H and O–H groups in total. The SMILES string of the molecule is COC(=O)c1ccc(C(=O)Nc2cccc(OCc3cccc(F)c3)c2)s1. The van der Waals surface area contributed by atoms with Crippen molar-refractivity contribution in [3.05, 3.63) is 81.8 Å². The molecule has 0 aliphatic rings. The Kier molecular flexibility index (Phi) is 5.83.